The highest BCUT2D eigenvalue weighted by molar-refractivity contribution is 6.11. The fraction of sp³-hybridized carbons (Fsp3) is 0.176. The lowest BCUT2D eigenvalue weighted by Gasteiger charge is -2.23. The van der Waals surface area contributed by atoms with E-state index in [1.165, 1.54) is 4.90 Å². The maximum absolute atomic E-state index is 12.8. The van der Waals surface area contributed by atoms with Crippen LogP contribution in [-0.2, 0) is 11.2 Å². The van der Waals surface area contributed by atoms with E-state index in [0.29, 0.717) is 12.0 Å². The van der Waals surface area contributed by atoms with Crippen molar-refractivity contribution in [2.45, 2.75) is 19.4 Å². The van der Waals surface area contributed by atoms with Gasteiger partial charge in [-0.25, -0.2) is 0 Å². The second-order valence-corrected chi connectivity index (χ2v) is 5.30. The Bertz CT molecular complexity index is 724. The minimum atomic E-state index is -0.615. The monoisotopic (exact) mass is 280 g/mol. The maximum Gasteiger partial charge on any atom is 0.259 e. The van der Waals surface area contributed by atoms with Crippen molar-refractivity contribution in [1.29, 1.82) is 0 Å². The fourth-order valence-electron chi connectivity index (χ4n) is 2.78. The van der Waals surface area contributed by atoms with Gasteiger partial charge in [0, 0.05) is 17.7 Å². The van der Waals surface area contributed by atoms with E-state index in [0.717, 1.165) is 16.8 Å². The van der Waals surface area contributed by atoms with Gasteiger partial charge in [-0.15, -0.1) is 0 Å². The molecule has 106 valence electrons. The smallest absolute Gasteiger partial charge is 0.259 e. The average molecular weight is 280 g/mol. The normalized spacial score (nSPS) is 16.6. The summed E-state index contributed by atoms with van der Waals surface area (Å²) in [5.74, 6) is -0.667. The third kappa shape index (κ3) is 2.29. The van der Waals surface area contributed by atoms with Gasteiger partial charge in [-0.2, -0.15) is 0 Å². The Morgan fingerprint density at radius 2 is 1.90 bits per heavy atom. The van der Waals surface area contributed by atoms with Crippen LogP contribution in [-0.4, -0.2) is 17.9 Å². The molecule has 0 saturated carbocycles. The van der Waals surface area contributed by atoms with Crippen molar-refractivity contribution in [2.24, 2.45) is 5.73 Å². The summed E-state index contributed by atoms with van der Waals surface area (Å²) >= 11 is 0. The molecule has 3 rings (SSSR count). The van der Waals surface area contributed by atoms with Crippen molar-refractivity contribution >= 4 is 17.5 Å². The average Bonchev–Trinajstić information content (AvgIpc) is 2.86. The summed E-state index contributed by atoms with van der Waals surface area (Å²) in [4.78, 5) is 26.0. The minimum absolute atomic E-state index is 0.188. The minimum Gasteiger partial charge on any atom is -0.368 e. The molecular formula is C17H16N2O2. The number of para-hydroxylation sites is 1. The Morgan fingerprint density at radius 1 is 1.14 bits per heavy atom. The number of fused-ring (bicyclic) bond motifs is 1. The molecule has 0 radical (unpaired) electrons. The lowest BCUT2D eigenvalue weighted by atomic mass is 10.1. The Labute approximate surface area is 123 Å². The molecular weight excluding hydrogens is 264 g/mol. The van der Waals surface area contributed by atoms with Gasteiger partial charge in [0.1, 0.15) is 6.04 Å². The number of rotatable bonds is 2. The van der Waals surface area contributed by atoms with E-state index in [9.17, 15) is 9.59 Å². The summed E-state index contributed by atoms with van der Waals surface area (Å²) < 4.78 is 0. The molecule has 0 bridgehead atoms. The van der Waals surface area contributed by atoms with Gasteiger partial charge < -0.3 is 5.73 Å². The molecule has 4 nitrogen and oxygen atoms in total. The topological polar surface area (TPSA) is 63.4 Å². The first-order valence-corrected chi connectivity index (χ1v) is 6.85. The Hall–Kier alpha value is -2.62. The molecule has 2 amide bonds. The molecule has 2 aromatic carbocycles. The van der Waals surface area contributed by atoms with Crippen LogP contribution in [0.3, 0.4) is 0 Å². The summed E-state index contributed by atoms with van der Waals surface area (Å²) in [5.41, 5.74) is 8.80. The molecule has 0 aromatic heterocycles. The van der Waals surface area contributed by atoms with Crippen LogP contribution in [0.25, 0.3) is 0 Å². The first kappa shape index (κ1) is 13.4. The zero-order valence-electron chi connectivity index (χ0n) is 11.7. The molecule has 0 fully saturated rings. The molecule has 1 heterocycles. The molecule has 1 aliphatic heterocycles. The zero-order valence-corrected chi connectivity index (χ0v) is 11.7. The van der Waals surface area contributed by atoms with Gasteiger partial charge in [0.25, 0.3) is 5.91 Å². The molecule has 0 unspecified atom stereocenters. The molecule has 2 aromatic rings. The summed E-state index contributed by atoms with van der Waals surface area (Å²) in [6.45, 7) is 1.93. The number of hydrogen-bond acceptors (Lipinski definition) is 2. The second kappa shape index (κ2) is 5.05. The van der Waals surface area contributed by atoms with E-state index in [1.54, 1.807) is 6.07 Å². The predicted molar refractivity (Wildman–Crippen MR) is 81.1 cm³/mol. The van der Waals surface area contributed by atoms with E-state index in [-0.39, 0.29) is 5.91 Å². The van der Waals surface area contributed by atoms with Crippen LogP contribution in [0.1, 0.15) is 21.5 Å². The van der Waals surface area contributed by atoms with Crippen LogP contribution >= 0.6 is 0 Å². The summed E-state index contributed by atoms with van der Waals surface area (Å²) in [7, 11) is 0. The Morgan fingerprint density at radius 3 is 2.62 bits per heavy atom. The second-order valence-electron chi connectivity index (χ2n) is 5.30. The number of benzene rings is 2. The standard InChI is InChI=1S/C17H16N2O2/c1-11-5-4-7-13(9-11)17(21)19-14-8-3-2-6-12(14)10-15(19)16(18)20/h2-9,15H,10H2,1H3,(H2,18,20)/t15-/m1/s1. The number of anilines is 1. The van der Waals surface area contributed by atoms with Crippen molar-refractivity contribution < 1.29 is 9.59 Å². The number of hydrogen-bond donors (Lipinski definition) is 1. The van der Waals surface area contributed by atoms with Gasteiger partial charge in [0.15, 0.2) is 0 Å². The molecule has 1 aliphatic rings. The number of nitrogens with two attached hydrogens (primary N) is 1. The highest BCUT2D eigenvalue weighted by Crippen LogP contribution is 2.33. The van der Waals surface area contributed by atoms with Gasteiger partial charge >= 0.3 is 0 Å². The predicted octanol–water partition coefficient (Wildman–Crippen LogP) is 2.05. The molecule has 0 saturated heterocycles. The molecule has 0 spiro atoms. The van der Waals surface area contributed by atoms with Gasteiger partial charge in [0.05, 0.1) is 0 Å². The first-order chi connectivity index (χ1) is 10.1. The van der Waals surface area contributed by atoms with Crippen molar-refractivity contribution in [3.63, 3.8) is 0 Å². The SMILES string of the molecule is Cc1cccc(C(=O)N2c3ccccc3C[C@@H]2C(N)=O)c1. The summed E-state index contributed by atoms with van der Waals surface area (Å²) in [6.07, 6.45) is 0.475. The van der Waals surface area contributed by atoms with Crippen LogP contribution in [0.5, 0.6) is 0 Å². The van der Waals surface area contributed by atoms with Crippen LogP contribution in [0, 0.1) is 6.92 Å². The van der Waals surface area contributed by atoms with Gasteiger partial charge in [0.2, 0.25) is 5.91 Å². The van der Waals surface area contributed by atoms with E-state index in [1.807, 2.05) is 49.4 Å². The number of carbonyl (C=O) groups excluding carboxylic acids is 2. The summed E-state index contributed by atoms with van der Waals surface area (Å²) in [5, 5.41) is 0. The van der Waals surface area contributed by atoms with Crippen LogP contribution in [0.2, 0.25) is 0 Å². The number of carbonyl (C=O) groups is 2. The Balaban J connectivity index is 2.05. The van der Waals surface area contributed by atoms with E-state index in [4.69, 9.17) is 5.73 Å². The lowest BCUT2D eigenvalue weighted by molar-refractivity contribution is -0.119. The zero-order chi connectivity index (χ0) is 15.0. The number of amides is 2. The van der Waals surface area contributed by atoms with Gasteiger partial charge in [-0.1, -0.05) is 35.9 Å². The molecule has 4 heteroatoms. The Kier molecular flexibility index (Phi) is 3.22. The molecule has 21 heavy (non-hydrogen) atoms. The van der Waals surface area contributed by atoms with Crippen molar-refractivity contribution in [1.82, 2.24) is 0 Å². The molecule has 1 atom stereocenters. The van der Waals surface area contributed by atoms with Crippen molar-refractivity contribution in [3.8, 4) is 0 Å². The van der Waals surface area contributed by atoms with Gasteiger partial charge in [-0.05, 0) is 30.7 Å². The lowest BCUT2D eigenvalue weighted by Crippen LogP contribution is -2.46. The molecule has 0 aliphatic carbocycles. The quantitative estimate of drug-likeness (QED) is 0.915. The first-order valence-electron chi connectivity index (χ1n) is 6.85. The van der Waals surface area contributed by atoms with Crippen molar-refractivity contribution in [2.75, 3.05) is 4.90 Å². The highest BCUT2D eigenvalue weighted by atomic mass is 16.2. The molecule has 2 N–H and O–H groups in total. The maximum atomic E-state index is 12.8. The van der Waals surface area contributed by atoms with E-state index >= 15 is 0 Å². The fourth-order valence-corrected chi connectivity index (χ4v) is 2.78. The summed E-state index contributed by atoms with van der Waals surface area (Å²) in [6, 6.07) is 14.3. The van der Waals surface area contributed by atoms with E-state index < -0.39 is 11.9 Å². The van der Waals surface area contributed by atoms with Crippen LogP contribution < -0.4 is 10.6 Å². The number of nitrogens with zero attached hydrogens (tertiary/aromatic N) is 1. The third-order valence-corrected chi connectivity index (χ3v) is 3.79. The van der Waals surface area contributed by atoms with E-state index in [2.05, 4.69) is 0 Å². The van der Waals surface area contributed by atoms with Crippen LogP contribution in [0.15, 0.2) is 48.5 Å². The van der Waals surface area contributed by atoms with Gasteiger partial charge in [-0.3, -0.25) is 14.5 Å². The van der Waals surface area contributed by atoms with Crippen LogP contribution in [0.4, 0.5) is 5.69 Å². The highest BCUT2D eigenvalue weighted by Gasteiger charge is 2.37. The van der Waals surface area contributed by atoms with Crippen molar-refractivity contribution in [3.05, 3.63) is 65.2 Å². The third-order valence-electron chi connectivity index (χ3n) is 3.79. The number of aryl methyl sites for hydroxylation is 1. The largest absolute Gasteiger partial charge is 0.368 e. The number of primary amides is 1.